The monoisotopic (exact) mass is 403 g/mol. The highest BCUT2D eigenvalue weighted by atomic mass is 32.1. The van der Waals surface area contributed by atoms with Crippen molar-refractivity contribution < 1.29 is 9.53 Å². The lowest BCUT2D eigenvalue weighted by Gasteiger charge is -2.29. The van der Waals surface area contributed by atoms with Crippen molar-refractivity contribution in [3.05, 3.63) is 18.2 Å². The van der Waals surface area contributed by atoms with Crippen molar-refractivity contribution in [1.82, 2.24) is 9.88 Å². The number of rotatable bonds is 9. The fourth-order valence-electron chi connectivity index (χ4n) is 3.92. The van der Waals surface area contributed by atoms with E-state index in [1.807, 2.05) is 30.0 Å². The van der Waals surface area contributed by atoms with Crippen LogP contribution in [-0.4, -0.2) is 48.6 Å². The van der Waals surface area contributed by atoms with Crippen molar-refractivity contribution >= 4 is 32.6 Å². The number of aromatic nitrogens is 1. The highest BCUT2D eigenvalue weighted by Crippen LogP contribution is 2.34. The molecule has 5 nitrogen and oxygen atoms in total. The van der Waals surface area contributed by atoms with E-state index in [0.717, 1.165) is 66.4 Å². The number of ether oxygens (including phenoxy) is 1. The summed E-state index contributed by atoms with van der Waals surface area (Å²) in [5, 5.41) is 0.825. The van der Waals surface area contributed by atoms with E-state index in [2.05, 4.69) is 18.7 Å². The summed E-state index contributed by atoms with van der Waals surface area (Å²) >= 11 is 1.60. The second-order valence-corrected chi connectivity index (χ2v) is 8.42. The van der Waals surface area contributed by atoms with E-state index in [1.54, 1.807) is 11.3 Å². The van der Waals surface area contributed by atoms with Crippen LogP contribution in [0.25, 0.3) is 10.2 Å². The summed E-state index contributed by atoms with van der Waals surface area (Å²) in [5.41, 5.74) is 0.938. The van der Waals surface area contributed by atoms with Gasteiger partial charge in [0, 0.05) is 19.0 Å². The Hall–Kier alpha value is -1.66. The number of fused-ring (bicyclic) bond motifs is 1. The zero-order valence-corrected chi connectivity index (χ0v) is 18.3. The SMILES string of the molecule is CCOc1ccc2nc(N(CCN(CC)CC)C(=O)C3CCCCC3)sc2c1. The molecule has 1 heterocycles. The van der Waals surface area contributed by atoms with Gasteiger partial charge in [0.05, 0.1) is 16.8 Å². The molecular weight excluding hydrogens is 370 g/mol. The molecule has 28 heavy (non-hydrogen) atoms. The summed E-state index contributed by atoms with van der Waals surface area (Å²) in [6.07, 6.45) is 5.61. The second kappa shape index (κ2) is 10.2. The molecule has 154 valence electrons. The van der Waals surface area contributed by atoms with E-state index < -0.39 is 0 Å². The van der Waals surface area contributed by atoms with Crippen LogP contribution in [0.15, 0.2) is 18.2 Å². The normalized spacial score (nSPS) is 15.3. The summed E-state index contributed by atoms with van der Waals surface area (Å²) in [6.45, 7) is 10.6. The van der Waals surface area contributed by atoms with E-state index in [-0.39, 0.29) is 11.8 Å². The number of benzene rings is 1. The summed E-state index contributed by atoms with van der Waals surface area (Å²) in [4.78, 5) is 22.5. The van der Waals surface area contributed by atoms with Crippen molar-refractivity contribution in [2.75, 3.05) is 37.7 Å². The number of nitrogens with zero attached hydrogens (tertiary/aromatic N) is 3. The average Bonchev–Trinajstić information content (AvgIpc) is 3.15. The Balaban J connectivity index is 1.85. The maximum atomic E-state index is 13.4. The van der Waals surface area contributed by atoms with Crippen LogP contribution in [-0.2, 0) is 4.79 Å². The highest BCUT2D eigenvalue weighted by molar-refractivity contribution is 7.22. The molecule has 0 spiro atoms. The van der Waals surface area contributed by atoms with Crippen LogP contribution in [0.4, 0.5) is 5.13 Å². The number of carbonyl (C=O) groups is 1. The Morgan fingerprint density at radius 1 is 1.14 bits per heavy atom. The third kappa shape index (κ3) is 5.03. The predicted molar refractivity (Wildman–Crippen MR) is 118 cm³/mol. The van der Waals surface area contributed by atoms with Crippen molar-refractivity contribution in [2.24, 2.45) is 5.92 Å². The second-order valence-electron chi connectivity index (χ2n) is 7.41. The molecule has 2 aromatic rings. The zero-order chi connectivity index (χ0) is 19.9. The van der Waals surface area contributed by atoms with Gasteiger partial charge in [-0.15, -0.1) is 0 Å². The van der Waals surface area contributed by atoms with Crippen LogP contribution in [0.2, 0.25) is 0 Å². The topological polar surface area (TPSA) is 45.7 Å². The number of carbonyl (C=O) groups excluding carboxylic acids is 1. The summed E-state index contributed by atoms with van der Waals surface area (Å²) < 4.78 is 6.70. The van der Waals surface area contributed by atoms with Crippen LogP contribution in [0.1, 0.15) is 52.9 Å². The fraction of sp³-hybridized carbons (Fsp3) is 0.636. The minimum Gasteiger partial charge on any atom is -0.494 e. The van der Waals surface area contributed by atoms with Crippen LogP contribution in [0.3, 0.4) is 0 Å². The first-order chi connectivity index (χ1) is 13.7. The van der Waals surface area contributed by atoms with Crippen LogP contribution < -0.4 is 9.64 Å². The van der Waals surface area contributed by atoms with E-state index >= 15 is 0 Å². The van der Waals surface area contributed by atoms with Gasteiger partial charge < -0.3 is 9.64 Å². The van der Waals surface area contributed by atoms with E-state index in [9.17, 15) is 4.79 Å². The van der Waals surface area contributed by atoms with Gasteiger partial charge in [-0.25, -0.2) is 4.98 Å². The van der Waals surface area contributed by atoms with Gasteiger partial charge in [-0.05, 0) is 51.1 Å². The Morgan fingerprint density at radius 3 is 2.57 bits per heavy atom. The van der Waals surface area contributed by atoms with Gasteiger partial charge in [0.15, 0.2) is 5.13 Å². The van der Waals surface area contributed by atoms with Crippen LogP contribution >= 0.6 is 11.3 Å². The minimum atomic E-state index is 0.149. The molecule has 0 saturated heterocycles. The van der Waals surface area contributed by atoms with Crippen molar-refractivity contribution in [1.29, 1.82) is 0 Å². The van der Waals surface area contributed by atoms with Crippen molar-refractivity contribution in [3.8, 4) is 5.75 Å². The molecule has 1 aliphatic rings. The van der Waals surface area contributed by atoms with Gasteiger partial charge >= 0.3 is 0 Å². The first-order valence-corrected chi connectivity index (χ1v) is 11.5. The molecular formula is C22H33N3O2S. The van der Waals surface area contributed by atoms with Gasteiger partial charge in [-0.3, -0.25) is 9.69 Å². The molecule has 6 heteroatoms. The summed E-state index contributed by atoms with van der Waals surface area (Å²) in [7, 11) is 0. The minimum absolute atomic E-state index is 0.149. The number of hydrogen-bond acceptors (Lipinski definition) is 5. The molecule has 1 amide bonds. The molecule has 1 fully saturated rings. The molecule has 0 atom stereocenters. The van der Waals surface area contributed by atoms with Crippen molar-refractivity contribution in [3.63, 3.8) is 0 Å². The maximum absolute atomic E-state index is 13.4. The number of anilines is 1. The Kier molecular flexibility index (Phi) is 7.68. The molecule has 1 saturated carbocycles. The molecule has 0 unspecified atom stereocenters. The summed E-state index contributed by atoms with van der Waals surface area (Å²) in [5.74, 6) is 1.27. The molecule has 0 bridgehead atoms. The summed E-state index contributed by atoms with van der Waals surface area (Å²) in [6, 6.07) is 5.99. The predicted octanol–water partition coefficient (Wildman–Crippen LogP) is 4.95. The molecule has 1 aromatic heterocycles. The Morgan fingerprint density at radius 2 is 1.89 bits per heavy atom. The molecule has 3 rings (SSSR count). The van der Waals surface area contributed by atoms with E-state index in [1.165, 1.54) is 6.42 Å². The lowest BCUT2D eigenvalue weighted by molar-refractivity contribution is -0.123. The molecule has 1 aromatic carbocycles. The number of thiazole rings is 1. The van der Waals surface area contributed by atoms with E-state index in [4.69, 9.17) is 9.72 Å². The lowest BCUT2D eigenvalue weighted by Crippen LogP contribution is -2.42. The number of hydrogen-bond donors (Lipinski definition) is 0. The van der Waals surface area contributed by atoms with E-state index in [0.29, 0.717) is 13.2 Å². The first kappa shape index (κ1) is 21.1. The lowest BCUT2D eigenvalue weighted by atomic mass is 9.88. The largest absolute Gasteiger partial charge is 0.494 e. The average molecular weight is 404 g/mol. The quantitative estimate of drug-likeness (QED) is 0.594. The highest BCUT2D eigenvalue weighted by Gasteiger charge is 2.29. The Bertz CT molecular complexity index is 766. The van der Waals surface area contributed by atoms with Gasteiger partial charge in [-0.2, -0.15) is 0 Å². The standard InChI is InChI=1S/C22H33N3O2S/c1-4-24(5-2)14-15-25(21(26)17-10-8-7-9-11-17)22-23-19-13-12-18(27-6-3)16-20(19)28-22/h12-13,16-17H,4-11,14-15H2,1-3H3. The molecule has 1 aliphatic carbocycles. The zero-order valence-electron chi connectivity index (χ0n) is 17.4. The Labute approximate surface area is 172 Å². The van der Waals surface area contributed by atoms with Gasteiger partial charge in [0.25, 0.3) is 0 Å². The molecule has 0 N–H and O–H groups in total. The smallest absolute Gasteiger partial charge is 0.231 e. The van der Waals surface area contributed by atoms with Crippen LogP contribution in [0.5, 0.6) is 5.75 Å². The number of amides is 1. The van der Waals surface area contributed by atoms with Gasteiger partial charge in [0.1, 0.15) is 5.75 Å². The maximum Gasteiger partial charge on any atom is 0.231 e. The molecule has 0 radical (unpaired) electrons. The fourth-order valence-corrected chi connectivity index (χ4v) is 4.94. The van der Waals surface area contributed by atoms with Crippen molar-refractivity contribution in [2.45, 2.75) is 52.9 Å². The molecule has 0 aliphatic heterocycles. The first-order valence-electron chi connectivity index (χ1n) is 10.7. The third-order valence-electron chi connectivity index (χ3n) is 5.65. The van der Waals surface area contributed by atoms with Crippen LogP contribution in [0, 0.1) is 5.92 Å². The van der Waals surface area contributed by atoms with Gasteiger partial charge in [0.2, 0.25) is 5.91 Å². The number of likely N-dealkylation sites (N-methyl/N-ethyl adjacent to an activating group) is 1. The third-order valence-corrected chi connectivity index (χ3v) is 6.69. The van der Waals surface area contributed by atoms with Gasteiger partial charge in [-0.1, -0.05) is 44.4 Å².